The second kappa shape index (κ2) is 9.75. The van der Waals surface area contributed by atoms with Crippen molar-refractivity contribution in [2.45, 2.75) is 17.1 Å². The summed E-state index contributed by atoms with van der Waals surface area (Å²) in [5, 5.41) is 5.51. The molecular weight excluding hydrogens is 382 g/mol. The van der Waals surface area contributed by atoms with Crippen LogP contribution in [0.2, 0.25) is 0 Å². The van der Waals surface area contributed by atoms with Crippen molar-refractivity contribution in [3.63, 3.8) is 0 Å². The minimum absolute atomic E-state index is 0.00264. The Bertz CT molecular complexity index is 835. The van der Waals surface area contributed by atoms with Gasteiger partial charge in [-0.05, 0) is 30.5 Å². The van der Waals surface area contributed by atoms with Crippen molar-refractivity contribution >= 4 is 45.9 Å². The first-order valence-electron chi connectivity index (χ1n) is 8.12. The summed E-state index contributed by atoms with van der Waals surface area (Å²) in [7, 11) is 0. The van der Waals surface area contributed by atoms with Gasteiger partial charge in [-0.25, -0.2) is 4.98 Å². The summed E-state index contributed by atoms with van der Waals surface area (Å²) < 4.78 is 0. The van der Waals surface area contributed by atoms with E-state index in [-0.39, 0.29) is 5.91 Å². The number of carbonyl (C=O) groups excluding carboxylic acids is 1. The quantitative estimate of drug-likeness (QED) is 0.416. The Labute approximate surface area is 165 Å². The maximum absolute atomic E-state index is 12.1. The summed E-state index contributed by atoms with van der Waals surface area (Å²) in [5.41, 5.74) is 2.99. The number of nitrogens with one attached hydrogen (secondary N) is 1. The lowest BCUT2D eigenvalue weighted by Crippen LogP contribution is -2.12. The van der Waals surface area contributed by atoms with Crippen molar-refractivity contribution in [1.82, 2.24) is 9.97 Å². The topological polar surface area (TPSA) is 54.9 Å². The normalized spacial score (nSPS) is 10.7. The highest BCUT2D eigenvalue weighted by molar-refractivity contribution is 7.98. The smallest absolute Gasteiger partial charge is 0.226 e. The van der Waals surface area contributed by atoms with E-state index in [1.165, 1.54) is 16.2 Å². The third kappa shape index (κ3) is 5.59. The zero-order valence-electron chi connectivity index (χ0n) is 14.3. The van der Waals surface area contributed by atoms with E-state index in [0.717, 1.165) is 28.5 Å². The Morgan fingerprint density at radius 2 is 2.04 bits per heavy atom. The molecule has 1 amide bonds. The van der Waals surface area contributed by atoms with Gasteiger partial charge in [0.25, 0.3) is 0 Å². The first kappa shape index (κ1) is 18.9. The molecule has 1 N–H and O–H groups in total. The average Bonchev–Trinajstić information content (AvgIpc) is 3.14. The molecule has 0 bridgehead atoms. The number of thioether (sulfide) groups is 2. The van der Waals surface area contributed by atoms with Gasteiger partial charge < -0.3 is 5.32 Å². The number of nitrogens with zero attached hydrogens (tertiary/aromatic N) is 2. The van der Waals surface area contributed by atoms with E-state index in [1.807, 2.05) is 23.6 Å². The number of carbonyl (C=O) groups is 1. The molecule has 0 unspecified atom stereocenters. The summed E-state index contributed by atoms with van der Waals surface area (Å²) in [6.45, 7) is 0. The first-order valence-corrected chi connectivity index (χ1v) is 11.4. The van der Waals surface area contributed by atoms with Gasteiger partial charge >= 0.3 is 0 Å². The molecule has 134 valence electrons. The number of anilines is 1. The van der Waals surface area contributed by atoms with Gasteiger partial charge in [-0.15, -0.1) is 23.1 Å². The van der Waals surface area contributed by atoms with Crippen molar-refractivity contribution in [3.8, 4) is 11.3 Å². The van der Waals surface area contributed by atoms with Crippen LogP contribution in [-0.2, 0) is 10.5 Å². The van der Waals surface area contributed by atoms with Crippen molar-refractivity contribution in [3.05, 3.63) is 59.7 Å². The van der Waals surface area contributed by atoms with Gasteiger partial charge in [0.05, 0.1) is 11.4 Å². The van der Waals surface area contributed by atoms with Crippen LogP contribution in [0.4, 0.5) is 5.13 Å². The summed E-state index contributed by atoms with van der Waals surface area (Å²) >= 11 is 4.88. The van der Waals surface area contributed by atoms with E-state index in [1.54, 1.807) is 29.7 Å². The number of benzene rings is 1. The minimum atomic E-state index is -0.00264. The Kier molecular flexibility index (Phi) is 7.11. The SMILES string of the molecule is CSc1ccc(-c2csc(NC(=O)CCSCc3ccccn3)n2)cc1. The number of pyridine rings is 1. The third-order valence-corrected chi connectivity index (χ3v) is 6.08. The number of thiazole rings is 1. The van der Waals surface area contributed by atoms with Crippen LogP contribution < -0.4 is 5.32 Å². The lowest BCUT2D eigenvalue weighted by atomic mass is 10.2. The fourth-order valence-electron chi connectivity index (χ4n) is 2.23. The monoisotopic (exact) mass is 401 g/mol. The van der Waals surface area contributed by atoms with Crippen molar-refractivity contribution < 1.29 is 4.79 Å². The molecule has 0 fully saturated rings. The predicted molar refractivity (Wildman–Crippen MR) is 113 cm³/mol. The summed E-state index contributed by atoms with van der Waals surface area (Å²) in [6, 6.07) is 14.1. The van der Waals surface area contributed by atoms with E-state index in [9.17, 15) is 4.79 Å². The number of hydrogen-bond acceptors (Lipinski definition) is 6. The molecule has 3 rings (SSSR count). The first-order chi connectivity index (χ1) is 12.7. The molecule has 2 aromatic heterocycles. The molecular formula is C19H19N3OS3. The van der Waals surface area contributed by atoms with Gasteiger partial charge in [-0.2, -0.15) is 11.8 Å². The number of amides is 1. The number of hydrogen-bond donors (Lipinski definition) is 1. The molecule has 26 heavy (non-hydrogen) atoms. The Balaban J connectivity index is 1.45. The molecule has 0 aliphatic carbocycles. The highest BCUT2D eigenvalue weighted by atomic mass is 32.2. The summed E-state index contributed by atoms with van der Waals surface area (Å²) in [4.78, 5) is 22.1. The second-order valence-corrected chi connectivity index (χ2v) is 8.28. The highest BCUT2D eigenvalue weighted by Crippen LogP contribution is 2.26. The summed E-state index contributed by atoms with van der Waals surface area (Å²) in [6.07, 6.45) is 4.31. The Hall–Kier alpha value is -1.83. The molecule has 4 nitrogen and oxygen atoms in total. The van der Waals surface area contributed by atoms with Crippen LogP contribution >= 0.6 is 34.9 Å². The number of rotatable bonds is 8. The lowest BCUT2D eigenvalue weighted by Gasteiger charge is -2.02. The maximum atomic E-state index is 12.1. The highest BCUT2D eigenvalue weighted by Gasteiger charge is 2.08. The third-order valence-electron chi connectivity index (χ3n) is 3.59. The molecule has 0 aliphatic rings. The molecule has 7 heteroatoms. The Morgan fingerprint density at radius 1 is 1.19 bits per heavy atom. The van der Waals surface area contributed by atoms with E-state index in [4.69, 9.17) is 0 Å². The molecule has 3 aromatic rings. The molecule has 0 saturated heterocycles. The van der Waals surface area contributed by atoms with Gasteiger partial charge in [0.1, 0.15) is 0 Å². The minimum Gasteiger partial charge on any atom is -0.302 e. The van der Waals surface area contributed by atoms with Crippen LogP contribution in [0.25, 0.3) is 11.3 Å². The fourth-order valence-corrected chi connectivity index (χ4v) is 4.23. The molecule has 0 atom stereocenters. The van der Waals surface area contributed by atoms with Crippen molar-refractivity contribution in [2.24, 2.45) is 0 Å². The fraction of sp³-hybridized carbons (Fsp3) is 0.211. The Morgan fingerprint density at radius 3 is 2.77 bits per heavy atom. The molecule has 0 aliphatic heterocycles. The maximum Gasteiger partial charge on any atom is 0.226 e. The predicted octanol–water partition coefficient (Wildman–Crippen LogP) is 5.19. The van der Waals surface area contributed by atoms with Crippen molar-refractivity contribution in [1.29, 1.82) is 0 Å². The standard InChI is InChI=1S/C19H19N3OS3/c1-24-16-7-5-14(6-8-16)17-13-26-19(21-17)22-18(23)9-11-25-12-15-4-2-3-10-20-15/h2-8,10,13H,9,11-12H2,1H3,(H,21,22,23). The zero-order valence-corrected chi connectivity index (χ0v) is 16.8. The lowest BCUT2D eigenvalue weighted by molar-refractivity contribution is -0.115. The zero-order chi connectivity index (χ0) is 18.2. The van der Waals surface area contributed by atoms with Crippen LogP contribution in [0.15, 0.2) is 58.9 Å². The largest absolute Gasteiger partial charge is 0.302 e. The van der Waals surface area contributed by atoms with E-state index in [0.29, 0.717) is 11.6 Å². The average molecular weight is 402 g/mol. The van der Waals surface area contributed by atoms with Gasteiger partial charge in [-0.1, -0.05) is 18.2 Å². The van der Waals surface area contributed by atoms with Gasteiger partial charge in [0, 0.05) is 40.0 Å². The van der Waals surface area contributed by atoms with Crippen LogP contribution in [0.3, 0.4) is 0 Å². The number of aromatic nitrogens is 2. The van der Waals surface area contributed by atoms with Gasteiger partial charge in [0.2, 0.25) is 5.91 Å². The molecule has 1 aromatic carbocycles. The van der Waals surface area contributed by atoms with E-state index >= 15 is 0 Å². The van der Waals surface area contributed by atoms with Gasteiger partial charge in [0.15, 0.2) is 5.13 Å². The van der Waals surface area contributed by atoms with Gasteiger partial charge in [-0.3, -0.25) is 9.78 Å². The summed E-state index contributed by atoms with van der Waals surface area (Å²) in [5.74, 6) is 1.58. The van der Waals surface area contributed by atoms with E-state index in [2.05, 4.69) is 45.8 Å². The molecule has 0 saturated carbocycles. The van der Waals surface area contributed by atoms with Crippen LogP contribution in [0, 0.1) is 0 Å². The van der Waals surface area contributed by atoms with Crippen LogP contribution in [0.1, 0.15) is 12.1 Å². The van der Waals surface area contributed by atoms with Crippen LogP contribution in [0.5, 0.6) is 0 Å². The molecule has 0 radical (unpaired) electrons. The van der Waals surface area contributed by atoms with Crippen LogP contribution in [-0.4, -0.2) is 27.9 Å². The molecule has 0 spiro atoms. The van der Waals surface area contributed by atoms with E-state index < -0.39 is 0 Å². The molecule has 2 heterocycles. The van der Waals surface area contributed by atoms with Crippen molar-refractivity contribution in [2.75, 3.05) is 17.3 Å². The second-order valence-electron chi connectivity index (χ2n) is 5.44.